The van der Waals surface area contributed by atoms with Crippen molar-refractivity contribution in [1.82, 2.24) is 20.0 Å². The van der Waals surface area contributed by atoms with Crippen molar-refractivity contribution in [2.75, 3.05) is 20.1 Å². The van der Waals surface area contributed by atoms with E-state index >= 15 is 0 Å². The highest BCUT2D eigenvalue weighted by Crippen LogP contribution is 2.20. The second-order valence-corrected chi connectivity index (χ2v) is 5.77. The van der Waals surface area contributed by atoms with Gasteiger partial charge in [0.2, 0.25) is 0 Å². The number of aryl methyl sites for hydroxylation is 1. The maximum Gasteiger partial charge on any atom is 0.193 e. The third kappa shape index (κ3) is 3.72. The fourth-order valence-corrected chi connectivity index (χ4v) is 2.91. The zero-order valence-electron chi connectivity index (χ0n) is 12.4. The monoisotopic (exact) mass is 263 g/mol. The van der Waals surface area contributed by atoms with Crippen LogP contribution in [0.3, 0.4) is 0 Å². The number of nitrogens with one attached hydrogen (secondary N) is 1. The van der Waals surface area contributed by atoms with Gasteiger partial charge in [0.25, 0.3) is 0 Å². The molecule has 0 spiro atoms. The van der Waals surface area contributed by atoms with Gasteiger partial charge in [0, 0.05) is 45.5 Å². The minimum Gasteiger partial charge on any atom is -0.352 e. The highest BCUT2D eigenvalue weighted by molar-refractivity contribution is 5.80. The molecule has 0 aliphatic carbocycles. The molecule has 1 saturated heterocycles. The lowest BCUT2D eigenvalue weighted by atomic mass is 9.92. The highest BCUT2D eigenvalue weighted by Gasteiger charge is 2.23. The Bertz CT molecular complexity index is 427. The minimum atomic E-state index is 0.737. The fourth-order valence-electron chi connectivity index (χ4n) is 2.91. The Morgan fingerprint density at radius 3 is 2.63 bits per heavy atom. The Morgan fingerprint density at radius 2 is 2.11 bits per heavy atom. The van der Waals surface area contributed by atoms with Gasteiger partial charge in [0.15, 0.2) is 5.96 Å². The van der Waals surface area contributed by atoms with E-state index < -0.39 is 0 Å². The fraction of sp³-hybridized carbons (Fsp3) is 0.714. The first kappa shape index (κ1) is 13.9. The molecule has 2 rings (SSSR count). The summed E-state index contributed by atoms with van der Waals surface area (Å²) < 4.78 is 1.82. The average Bonchev–Trinajstić information content (AvgIpc) is 2.75. The van der Waals surface area contributed by atoms with Crippen molar-refractivity contribution in [3.8, 4) is 0 Å². The molecule has 1 aliphatic rings. The van der Waals surface area contributed by atoms with Crippen LogP contribution in [0.25, 0.3) is 0 Å². The maximum absolute atomic E-state index is 4.41. The lowest BCUT2D eigenvalue weighted by Crippen LogP contribution is -2.48. The molecule has 1 aliphatic heterocycles. The zero-order valence-corrected chi connectivity index (χ0v) is 12.4. The van der Waals surface area contributed by atoms with E-state index in [0.29, 0.717) is 0 Å². The molecule has 1 N–H and O–H groups in total. The number of hydrogen-bond donors (Lipinski definition) is 1. The van der Waals surface area contributed by atoms with Crippen LogP contribution in [0.5, 0.6) is 0 Å². The second-order valence-electron chi connectivity index (χ2n) is 5.77. The summed E-state index contributed by atoms with van der Waals surface area (Å²) in [6.45, 7) is 7.60. The first-order valence-electron chi connectivity index (χ1n) is 7.01. The van der Waals surface area contributed by atoms with Crippen LogP contribution in [-0.2, 0) is 13.6 Å². The van der Waals surface area contributed by atoms with Crippen molar-refractivity contribution in [2.45, 2.75) is 26.8 Å². The zero-order chi connectivity index (χ0) is 13.8. The predicted octanol–water partition coefficient (Wildman–Crippen LogP) is 1.47. The van der Waals surface area contributed by atoms with E-state index in [-0.39, 0.29) is 0 Å². The van der Waals surface area contributed by atoms with E-state index in [4.69, 9.17) is 0 Å². The van der Waals surface area contributed by atoms with E-state index in [9.17, 15) is 0 Å². The number of nitrogens with zero attached hydrogens (tertiary/aromatic N) is 4. The number of guanidine groups is 1. The first-order chi connectivity index (χ1) is 9.08. The SMILES string of the molecule is CN=C(NCc1cnn(C)c1)N1CC(C)CC(C)C1. The molecule has 0 saturated carbocycles. The molecule has 1 aromatic heterocycles. The summed E-state index contributed by atoms with van der Waals surface area (Å²) in [6.07, 6.45) is 5.24. The lowest BCUT2D eigenvalue weighted by Gasteiger charge is -2.37. The topological polar surface area (TPSA) is 45.5 Å². The van der Waals surface area contributed by atoms with Gasteiger partial charge in [-0.25, -0.2) is 0 Å². The van der Waals surface area contributed by atoms with Crippen molar-refractivity contribution in [3.05, 3.63) is 18.0 Å². The van der Waals surface area contributed by atoms with Gasteiger partial charge in [-0.2, -0.15) is 5.10 Å². The van der Waals surface area contributed by atoms with Gasteiger partial charge in [0.1, 0.15) is 0 Å². The van der Waals surface area contributed by atoms with Crippen LogP contribution in [0.1, 0.15) is 25.8 Å². The van der Waals surface area contributed by atoms with E-state index in [1.807, 2.05) is 31.2 Å². The van der Waals surface area contributed by atoms with Gasteiger partial charge < -0.3 is 10.2 Å². The second kappa shape index (κ2) is 6.08. The molecule has 0 radical (unpaired) electrons. The smallest absolute Gasteiger partial charge is 0.193 e. The molecule has 1 fully saturated rings. The van der Waals surface area contributed by atoms with Crippen LogP contribution in [-0.4, -0.2) is 40.8 Å². The minimum absolute atomic E-state index is 0.737. The molecule has 0 bridgehead atoms. The Hall–Kier alpha value is -1.52. The van der Waals surface area contributed by atoms with Crippen LogP contribution < -0.4 is 5.32 Å². The maximum atomic E-state index is 4.41. The summed E-state index contributed by atoms with van der Waals surface area (Å²) in [5.74, 6) is 2.48. The third-order valence-corrected chi connectivity index (χ3v) is 3.59. The highest BCUT2D eigenvalue weighted by atomic mass is 15.3. The summed E-state index contributed by atoms with van der Waals surface area (Å²) in [6, 6.07) is 0. The molecule has 19 heavy (non-hydrogen) atoms. The molecule has 2 atom stereocenters. The van der Waals surface area contributed by atoms with Gasteiger partial charge >= 0.3 is 0 Å². The largest absolute Gasteiger partial charge is 0.352 e. The lowest BCUT2D eigenvalue weighted by molar-refractivity contribution is 0.208. The summed E-state index contributed by atoms with van der Waals surface area (Å²) >= 11 is 0. The number of aromatic nitrogens is 2. The van der Waals surface area contributed by atoms with Crippen LogP contribution >= 0.6 is 0 Å². The Kier molecular flexibility index (Phi) is 4.45. The molecule has 5 nitrogen and oxygen atoms in total. The van der Waals surface area contributed by atoms with Gasteiger partial charge in [-0.1, -0.05) is 13.8 Å². The van der Waals surface area contributed by atoms with Gasteiger partial charge in [-0.05, 0) is 18.3 Å². The molecule has 2 unspecified atom stereocenters. The molecule has 0 aromatic carbocycles. The predicted molar refractivity (Wildman–Crippen MR) is 77.9 cm³/mol. The Morgan fingerprint density at radius 1 is 1.42 bits per heavy atom. The quantitative estimate of drug-likeness (QED) is 0.649. The number of hydrogen-bond acceptors (Lipinski definition) is 2. The molecular formula is C14H25N5. The van der Waals surface area contributed by atoms with Gasteiger partial charge in [-0.15, -0.1) is 0 Å². The van der Waals surface area contributed by atoms with Crippen LogP contribution in [0.15, 0.2) is 17.4 Å². The average molecular weight is 263 g/mol. The molecule has 0 amide bonds. The third-order valence-electron chi connectivity index (χ3n) is 3.59. The number of aliphatic imine (C=N–C) groups is 1. The van der Waals surface area contributed by atoms with Crippen molar-refractivity contribution in [1.29, 1.82) is 0 Å². The summed E-state index contributed by atoms with van der Waals surface area (Å²) in [5.41, 5.74) is 1.18. The van der Waals surface area contributed by atoms with Crippen molar-refractivity contribution in [3.63, 3.8) is 0 Å². The number of piperidine rings is 1. The standard InChI is InChI=1S/C14H25N5/c1-11-5-12(2)9-19(8-11)14(15-3)16-6-13-7-17-18(4)10-13/h7,10-12H,5-6,8-9H2,1-4H3,(H,15,16). The van der Waals surface area contributed by atoms with Crippen molar-refractivity contribution < 1.29 is 0 Å². The number of likely N-dealkylation sites (tertiary alicyclic amines) is 1. The Labute approximate surface area is 115 Å². The molecular weight excluding hydrogens is 238 g/mol. The van der Waals surface area contributed by atoms with Crippen LogP contribution in [0, 0.1) is 11.8 Å². The Balaban J connectivity index is 1.93. The molecule has 5 heteroatoms. The van der Waals surface area contributed by atoms with Crippen molar-refractivity contribution >= 4 is 5.96 Å². The molecule has 1 aromatic rings. The van der Waals surface area contributed by atoms with E-state index in [2.05, 4.69) is 34.2 Å². The number of rotatable bonds is 2. The molecule has 106 valence electrons. The summed E-state index contributed by atoms with van der Waals surface area (Å²) in [7, 11) is 3.79. The normalized spacial score (nSPS) is 24.6. The van der Waals surface area contributed by atoms with Gasteiger partial charge in [-0.3, -0.25) is 9.67 Å². The summed E-state index contributed by atoms with van der Waals surface area (Å²) in [5, 5.41) is 7.61. The summed E-state index contributed by atoms with van der Waals surface area (Å²) in [4.78, 5) is 6.78. The van der Waals surface area contributed by atoms with E-state index in [1.54, 1.807) is 0 Å². The van der Waals surface area contributed by atoms with Crippen LogP contribution in [0.4, 0.5) is 0 Å². The van der Waals surface area contributed by atoms with Crippen LogP contribution in [0.2, 0.25) is 0 Å². The first-order valence-corrected chi connectivity index (χ1v) is 7.01. The molecule has 2 heterocycles. The van der Waals surface area contributed by atoms with E-state index in [1.165, 1.54) is 12.0 Å². The van der Waals surface area contributed by atoms with Crippen molar-refractivity contribution in [2.24, 2.45) is 23.9 Å². The van der Waals surface area contributed by atoms with E-state index in [0.717, 1.165) is 37.4 Å². The van der Waals surface area contributed by atoms with Gasteiger partial charge in [0.05, 0.1) is 6.20 Å².